The molecule has 2 heterocycles. The number of nitrogens with one attached hydrogen (secondary N) is 2. The van der Waals surface area contributed by atoms with Crippen LogP contribution >= 0.6 is 12.4 Å². The zero-order valence-electron chi connectivity index (χ0n) is 15.0. The van der Waals surface area contributed by atoms with Gasteiger partial charge in [0.25, 0.3) is 5.91 Å². The number of benzene rings is 1. The zero-order chi connectivity index (χ0) is 17.7. The van der Waals surface area contributed by atoms with Crippen molar-refractivity contribution in [3.05, 3.63) is 42.2 Å². The largest absolute Gasteiger partial charge is 0.497 e. The summed E-state index contributed by atoms with van der Waals surface area (Å²) in [5, 5.41) is 10.7. The first-order chi connectivity index (χ1) is 12.2. The van der Waals surface area contributed by atoms with E-state index in [0.29, 0.717) is 19.4 Å². The molecule has 0 unspecified atom stereocenters. The highest BCUT2D eigenvalue weighted by atomic mass is 35.5. The first-order valence-electron chi connectivity index (χ1n) is 8.40. The molecule has 26 heavy (non-hydrogen) atoms. The topological polar surface area (TPSA) is 77.4 Å². The number of methoxy groups -OCH3 is 2. The van der Waals surface area contributed by atoms with Gasteiger partial charge < -0.3 is 20.1 Å². The fourth-order valence-electron chi connectivity index (χ4n) is 3.02. The first kappa shape index (κ1) is 20.2. The van der Waals surface area contributed by atoms with Crippen LogP contribution in [0.25, 0.3) is 5.69 Å². The molecule has 0 radical (unpaired) electrons. The van der Waals surface area contributed by atoms with Crippen molar-refractivity contribution in [3.63, 3.8) is 0 Å². The average Bonchev–Trinajstić information content (AvgIpc) is 3.15. The fraction of sp³-hybridized carbons (Fsp3) is 0.444. The van der Waals surface area contributed by atoms with Crippen LogP contribution in [0, 0.1) is 0 Å². The van der Waals surface area contributed by atoms with Crippen molar-refractivity contribution >= 4 is 18.3 Å². The second-order valence-corrected chi connectivity index (χ2v) is 6.08. The number of hydrogen-bond acceptors (Lipinski definition) is 5. The lowest BCUT2D eigenvalue weighted by Gasteiger charge is -2.34. The van der Waals surface area contributed by atoms with Gasteiger partial charge in [-0.15, -0.1) is 12.4 Å². The van der Waals surface area contributed by atoms with E-state index in [9.17, 15) is 4.79 Å². The molecule has 7 nitrogen and oxygen atoms in total. The van der Waals surface area contributed by atoms with Crippen molar-refractivity contribution in [2.75, 3.05) is 27.3 Å². The van der Waals surface area contributed by atoms with Gasteiger partial charge in [0.15, 0.2) is 0 Å². The molecular formula is C18H25ClN4O3. The average molecular weight is 381 g/mol. The van der Waals surface area contributed by atoms with Crippen molar-refractivity contribution in [1.29, 1.82) is 0 Å². The third-order valence-electron chi connectivity index (χ3n) is 4.63. The molecule has 0 spiro atoms. The van der Waals surface area contributed by atoms with Gasteiger partial charge in [-0.3, -0.25) is 4.79 Å². The number of hydrogen-bond donors (Lipinski definition) is 2. The summed E-state index contributed by atoms with van der Waals surface area (Å²) >= 11 is 0. The molecule has 1 saturated heterocycles. The second kappa shape index (κ2) is 9.02. The lowest BCUT2D eigenvalue weighted by Crippen LogP contribution is -2.53. The van der Waals surface area contributed by atoms with E-state index < -0.39 is 5.60 Å². The Kier molecular flexibility index (Phi) is 7.02. The Morgan fingerprint density at radius 3 is 2.54 bits per heavy atom. The van der Waals surface area contributed by atoms with Crippen molar-refractivity contribution in [3.8, 4) is 11.4 Å². The Morgan fingerprint density at radius 2 is 1.92 bits per heavy atom. The number of nitrogens with zero attached hydrogens (tertiary/aromatic N) is 2. The lowest BCUT2D eigenvalue weighted by atomic mass is 9.91. The molecule has 2 aromatic rings. The number of carbonyl (C=O) groups is 1. The number of aromatic nitrogens is 2. The van der Waals surface area contributed by atoms with Crippen LogP contribution in [0.3, 0.4) is 0 Å². The van der Waals surface area contributed by atoms with Crippen molar-refractivity contribution < 1.29 is 14.3 Å². The highest BCUT2D eigenvalue weighted by molar-refractivity contribution is 5.85. The fourth-order valence-corrected chi connectivity index (χ4v) is 3.02. The molecule has 1 fully saturated rings. The minimum Gasteiger partial charge on any atom is -0.497 e. The summed E-state index contributed by atoms with van der Waals surface area (Å²) in [6.07, 6.45) is 3.23. The summed E-state index contributed by atoms with van der Waals surface area (Å²) in [5.41, 5.74) is 0.999. The molecule has 1 aliphatic heterocycles. The van der Waals surface area contributed by atoms with Crippen molar-refractivity contribution in [2.24, 2.45) is 0 Å². The third-order valence-corrected chi connectivity index (χ3v) is 4.63. The zero-order valence-corrected chi connectivity index (χ0v) is 15.8. The van der Waals surface area contributed by atoms with E-state index >= 15 is 0 Å². The quantitative estimate of drug-likeness (QED) is 0.797. The van der Waals surface area contributed by atoms with Gasteiger partial charge in [-0.05, 0) is 56.3 Å². The van der Waals surface area contributed by atoms with E-state index in [1.807, 2.05) is 36.5 Å². The number of amides is 1. The highest BCUT2D eigenvalue weighted by Gasteiger charge is 2.39. The normalized spacial score (nSPS) is 15.8. The van der Waals surface area contributed by atoms with Gasteiger partial charge in [-0.2, -0.15) is 5.10 Å². The molecule has 2 N–H and O–H groups in total. The SMILES string of the molecule is COc1ccc(-n2ccc(CNC(=O)C3(OC)CCNCC3)n2)cc1.Cl. The van der Waals surface area contributed by atoms with E-state index in [0.717, 1.165) is 30.2 Å². The minimum atomic E-state index is -0.732. The first-order valence-corrected chi connectivity index (χ1v) is 8.40. The smallest absolute Gasteiger partial charge is 0.252 e. The summed E-state index contributed by atoms with van der Waals surface area (Å²) in [7, 11) is 3.24. The molecular weight excluding hydrogens is 356 g/mol. The standard InChI is InChI=1S/C18H24N4O3.ClH/c1-24-16-5-3-15(4-6-16)22-12-7-14(21-22)13-20-17(23)18(25-2)8-10-19-11-9-18;/h3-7,12,19H,8-11,13H2,1-2H3,(H,20,23);1H. The predicted molar refractivity (Wildman–Crippen MR) is 101 cm³/mol. The van der Waals surface area contributed by atoms with Crippen LogP contribution in [0.4, 0.5) is 0 Å². The van der Waals surface area contributed by atoms with Crippen LogP contribution in [0.2, 0.25) is 0 Å². The van der Waals surface area contributed by atoms with E-state index in [-0.39, 0.29) is 18.3 Å². The molecule has 0 atom stereocenters. The molecule has 0 saturated carbocycles. The predicted octanol–water partition coefficient (Wildman–Crippen LogP) is 1.69. The Balaban J connectivity index is 0.00000243. The molecule has 142 valence electrons. The molecule has 1 aromatic carbocycles. The number of halogens is 1. The van der Waals surface area contributed by atoms with Crippen molar-refractivity contribution in [2.45, 2.75) is 25.0 Å². The van der Waals surface area contributed by atoms with Crippen LogP contribution in [-0.4, -0.2) is 48.6 Å². The summed E-state index contributed by atoms with van der Waals surface area (Å²) in [5.74, 6) is 0.728. The maximum absolute atomic E-state index is 12.6. The van der Waals surface area contributed by atoms with Gasteiger partial charge >= 0.3 is 0 Å². The van der Waals surface area contributed by atoms with E-state index in [1.165, 1.54) is 0 Å². The maximum atomic E-state index is 12.6. The molecule has 1 aliphatic rings. The molecule has 8 heteroatoms. The number of rotatable bonds is 6. The minimum absolute atomic E-state index is 0. The van der Waals surface area contributed by atoms with Gasteiger partial charge in [-0.25, -0.2) is 4.68 Å². The van der Waals surface area contributed by atoms with Crippen LogP contribution in [0.1, 0.15) is 18.5 Å². The highest BCUT2D eigenvalue weighted by Crippen LogP contribution is 2.22. The molecule has 1 aromatic heterocycles. The maximum Gasteiger partial charge on any atom is 0.252 e. The van der Waals surface area contributed by atoms with E-state index in [2.05, 4.69) is 15.7 Å². The summed E-state index contributed by atoms with van der Waals surface area (Å²) in [4.78, 5) is 12.6. The van der Waals surface area contributed by atoms with Crippen molar-refractivity contribution in [1.82, 2.24) is 20.4 Å². The van der Waals surface area contributed by atoms with Gasteiger partial charge in [0.1, 0.15) is 11.4 Å². The lowest BCUT2D eigenvalue weighted by molar-refractivity contribution is -0.146. The summed E-state index contributed by atoms with van der Waals surface area (Å²) in [6, 6.07) is 9.54. The number of piperidine rings is 1. The molecule has 1 amide bonds. The van der Waals surface area contributed by atoms with Crippen LogP contribution in [0.5, 0.6) is 5.75 Å². The Labute approximate surface area is 159 Å². The monoisotopic (exact) mass is 380 g/mol. The van der Waals surface area contributed by atoms with Gasteiger partial charge in [0.2, 0.25) is 0 Å². The Morgan fingerprint density at radius 1 is 1.23 bits per heavy atom. The Hall–Kier alpha value is -2.09. The van der Waals surface area contributed by atoms with Gasteiger partial charge in [0, 0.05) is 13.3 Å². The third kappa shape index (κ3) is 4.35. The summed E-state index contributed by atoms with van der Waals surface area (Å²) in [6.45, 7) is 1.95. The second-order valence-electron chi connectivity index (χ2n) is 6.08. The van der Waals surface area contributed by atoms with Crippen LogP contribution in [0.15, 0.2) is 36.5 Å². The van der Waals surface area contributed by atoms with Gasteiger partial charge in [-0.1, -0.05) is 0 Å². The molecule has 0 bridgehead atoms. The molecule has 0 aliphatic carbocycles. The molecule has 3 rings (SSSR count). The number of ether oxygens (including phenoxy) is 2. The van der Waals surface area contributed by atoms with Gasteiger partial charge in [0.05, 0.1) is 25.0 Å². The van der Waals surface area contributed by atoms with Crippen LogP contribution in [-0.2, 0) is 16.1 Å². The van der Waals surface area contributed by atoms with E-state index in [4.69, 9.17) is 9.47 Å². The summed E-state index contributed by atoms with van der Waals surface area (Å²) < 4.78 is 12.5. The van der Waals surface area contributed by atoms with E-state index in [1.54, 1.807) is 18.9 Å². The number of carbonyl (C=O) groups excluding carboxylic acids is 1. The Bertz CT molecular complexity index is 711. The van der Waals surface area contributed by atoms with Crippen LogP contribution < -0.4 is 15.4 Å².